The maximum Gasteiger partial charge on any atom is 0.295 e. The van der Waals surface area contributed by atoms with Gasteiger partial charge in [0.25, 0.3) is 11.7 Å². The quantitative estimate of drug-likeness (QED) is 0.366. The van der Waals surface area contributed by atoms with E-state index in [0.717, 1.165) is 24.2 Å². The molecule has 2 aromatic rings. The van der Waals surface area contributed by atoms with E-state index in [-0.39, 0.29) is 11.3 Å². The average Bonchev–Trinajstić information content (AvgIpc) is 3.08. The lowest BCUT2D eigenvalue weighted by molar-refractivity contribution is -0.140. The molecule has 4 rings (SSSR count). The average molecular weight is 485 g/mol. The van der Waals surface area contributed by atoms with Crippen LogP contribution in [0.5, 0.6) is 5.75 Å². The summed E-state index contributed by atoms with van der Waals surface area (Å²) in [6, 6.07) is 11.6. The van der Waals surface area contributed by atoms with Crippen LogP contribution in [0.1, 0.15) is 29.7 Å². The second-order valence-corrected chi connectivity index (χ2v) is 8.84. The number of carbonyl (C=O) groups excluding carboxylic acids is 2. The predicted octanol–water partition coefficient (Wildman–Crippen LogP) is 3.80. The summed E-state index contributed by atoms with van der Waals surface area (Å²) in [7, 11) is 0. The van der Waals surface area contributed by atoms with Gasteiger partial charge in [0.15, 0.2) is 0 Å². The minimum atomic E-state index is -0.704. The number of likely N-dealkylation sites (tertiary alicyclic amines) is 1. The molecule has 0 saturated carbocycles. The summed E-state index contributed by atoms with van der Waals surface area (Å²) in [6.07, 6.45) is 0. The lowest BCUT2D eigenvalue weighted by Gasteiger charge is -2.31. The molecule has 1 N–H and O–H groups in total. The van der Waals surface area contributed by atoms with E-state index in [1.165, 1.54) is 0 Å². The maximum atomic E-state index is 13.2. The lowest BCUT2D eigenvalue weighted by Crippen LogP contribution is -2.42. The van der Waals surface area contributed by atoms with Crippen LogP contribution >= 0.6 is 11.6 Å². The number of ketones is 1. The van der Waals surface area contributed by atoms with Gasteiger partial charge in [0.1, 0.15) is 11.5 Å². The van der Waals surface area contributed by atoms with E-state index in [2.05, 4.69) is 4.90 Å². The van der Waals surface area contributed by atoms with Crippen LogP contribution in [0.3, 0.4) is 0 Å². The Labute approximate surface area is 204 Å². The van der Waals surface area contributed by atoms with Gasteiger partial charge in [-0.3, -0.25) is 14.5 Å². The summed E-state index contributed by atoms with van der Waals surface area (Å²) in [6.45, 7) is 8.08. The molecular formula is C26H29ClN2O5. The molecule has 0 spiro atoms. The fraction of sp³-hybridized carbons (Fsp3) is 0.385. The Morgan fingerprint density at radius 2 is 1.82 bits per heavy atom. The third kappa shape index (κ3) is 4.97. The molecule has 8 heteroatoms. The van der Waals surface area contributed by atoms with Crippen molar-refractivity contribution in [3.05, 3.63) is 69.8 Å². The highest BCUT2D eigenvalue weighted by molar-refractivity contribution is 6.46. The fourth-order valence-electron chi connectivity index (χ4n) is 4.48. The first kappa shape index (κ1) is 24.3. The van der Waals surface area contributed by atoms with Gasteiger partial charge in [0.2, 0.25) is 0 Å². The third-order valence-electron chi connectivity index (χ3n) is 6.25. The van der Waals surface area contributed by atoms with Gasteiger partial charge < -0.3 is 19.5 Å². The van der Waals surface area contributed by atoms with Gasteiger partial charge in [-0.05, 0) is 55.3 Å². The minimum absolute atomic E-state index is 0.0848. The van der Waals surface area contributed by atoms with Crippen molar-refractivity contribution in [3.8, 4) is 5.75 Å². The van der Waals surface area contributed by atoms with Gasteiger partial charge in [-0.15, -0.1) is 0 Å². The Bertz CT molecular complexity index is 1090. The van der Waals surface area contributed by atoms with Crippen molar-refractivity contribution in [2.45, 2.75) is 19.9 Å². The number of hydrogen-bond acceptors (Lipinski definition) is 6. The first-order chi connectivity index (χ1) is 16.4. The molecule has 2 saturated heterocycles. The summed E-state index contributed by atoms with van der Waals surface area (Å²) in [4.78, 5) is 30.1. The number of aliphatic hydroxyl groups excluding tert-OH is 1. The van der Waals surface area contributed by atoms with Crippen molar-refractivity contribution in [1.82, 2.24) is 9.80 Å². The third-order valence-corrected chi connectivity index (χ3v) is 6.50. The standard InChI is InChI=1S/C26H29ClN2O5/c1-3-34-20-8-9-21(17(2)16-20)24(30)22-23(18-4-6-19(27)7-5-18)29(26(32)25(22)31)11-10-28-12-14-33-15-13-28/h4-9,16,23,30H,3,10-15H2,1-2H3/b24-22+. The van der Waals surface area contributed by atoms with Crippen molar-refractivity contribution in [1.29, 1.82) is 0 Å². The SMILES string of the molecule is CCOc1ccc(/C(O)=C2\C(=O)C(=O)N(CCN3CCOCC3)C2c2ccc(Cl)cc2)c(C)c1. The van der Waals surface area contributed by atoms with E-state index in [1.807, 2.05) is 19.9 Å². The van der Waals surface area contributed by atoms with Crippen molar-refractivity contribution in [2.24, 2.45) is 0 Å². The highest BCUT2D eigenvalue weighted by Crippen LogP contribution is 2.40. The molecular weight excluding hydrogens is 456 g/mol. The molecule has 2 aliphatic heterocycles. The largest absolute Gasteiger partial charge is 0.507 e. The summed E-state index contributed by atoms with van der Waals surface area (Å²) >= 11 is 6.09. The number of amides is 1. The topological polar surface area (TPSA) is 79.3 Å². The fourth-order valence-corrected chi connectivity index (χ4v) is 4.61. The maximum absolute atomic E-state index is 13.2. The zero-order valence-electron chi connectivity index (χ0n) is 19.4. The van der Waals surface area contributed by atoms with Gasteiger partial charge in [0, 0.05) is 36.8 Å². The molecule has 1 amide bonds. The number of nitrogens with zero attached hydrogens (tertiary/aromatic N) is 2. The first-order valence-electron chi connectivity index (χ1n) is 11.5. The number of Topliss-reactive ketones (excluding diaryl/α,β-unsaturated/α-hetero) is 1. The molecule has 2 aromatic carbocycles. The van der Waals surface area contributed by atoms with E-state index >= 15 is 0 Å². The zero-order valence-corrected chi connectivity index (χ0v) is 20.2. The van der Waals surface area contributed by atoms with E-state index in [9.17, 15) is 14.7 Å². The van der Waals surface area contributed by atoms with Crippen molar-refractivity contribution >= 4 is 29.1 Å². The van der Waals surface area contributed by atoms with Gasteiger partial charge in [-0.25, -0.2) is 0 Å². The number of morpholine rings is 1. The van der Waals surface area contributed by atoms with E-state index in [0.29, 0.717) is 49.2 Å². The smallest absolute Gasteiger partial charge is 0.295 e. The molecule has 2 aliphatic rings. The molecule has 0 bridgehead atoms. The lowest BCUT2D eigenvalue weighted by atomic mass is 9.94. The molecule has 1 atom stereocenters. The molecule has 0 aliphatic carbocycles. The molecule has 2 fully saturated rings. The Morgan fingerprint density at radius 3 is 2.47 bits per heavy atom. The summed E-state index contributed by atoms with van der Waals surface area (Å²) in [5, 5.41) is 11.9. The molecule has 180 valence electrons. The van der Waals surface area contributed by atoms with E-state index < -0.39 is 17.7 Å². The van der Waals surface area contributed by atoms with Gasteiger partial charge >= 0.3 is 0 Å². The zero-order chi connectivity index (χ0) is 24.2. The molecule has 0 aromatic heterocycles. The number of aryl methyl sites for hydroxylation is 1. The van der Waals surface area contributed by atoms with E-state index in [4.69, 9.17) is 21.1 Å². The van der Waals surface area contributed by atoms with Crippen LogP contribution in [0.2, 0.25) is 5.02 Å². The van der Waals surface area contributed by atoms with Crippen molar-refractivity contribution in [2.75, 3.05) is 46.0 Å². The molecule has 0 radical (unpaired) electrons. The monoisotopic (exact) mass is 484 g/mol. The second-order valence-electron chi connectivity index (χ2n) is 8.41. The van der Waals surface area contributed by atoms with Crippen LogP contribution < -0.4 is 4.74 Å². The van der Waals surface area contributed by atoms with Crippen LogP contribution in [0.4, 0.5) is 0 Å². The number of halogens is 1. The normalized spacial score (nSPS) is 20.7. The highest BCUT2D eigenvalue weighted by Gasteiger charge is 2.46. The molecule has 7 nitrogen and oxygen atoms in total. The summed E-state index contributed by atoms with van der Waals surface area (Å²) in [5.74, 6) is -0.810. The first-order valence-corrected chi connectivity index (χ1v) is 11.9. The van der Waals surface area contributed by atoms with Gasteiger partial charge in [0.05, 0.1) is 31.4 Å². The number of ether oxygens (including phenoxy) is 2. The second kappa shape index (κ2) is 10.6. The summed E-state index contributed by atoms with van der Waals surface area (Å²) < 4.78 is 10.9. The van der Waals surface area contributed by atoms with E-state index in [1.54, 1.807) is 41.3 Å². The number of benzene rings is 2. The number of hydrogen-bond donors (Lipinski definition) is 1. The molecule has 34 heavy (non-hydrogen) atoms. The highest BCUT2D eigenvalue weighted by atomic mass is 35.5. The van der Waals surface area contributed by atoms with Crippen LogP contribution in [-0.2, 0) is 14.3 Å². The Hall–Kier alpha value is -2.87. The number of aliphatic hydroxyl groups is 1. The van der Waals surface area contributed by atoms with Crippen LogP contribution in [-0.4, -0.2) is 72.6 Å². The summed E-state index contributed by atoms with van der Waals surface area (Å²) in [5.41, 5.74) is 2.05. The van der Waals surface area contributed by atoms with Crippen molar-refractivity contribution < 1.29 is 24.2 Å². The van der Waals surface area contributed by atoms with Crippen LogP contribution in [0.25, 0.3) is 5.76 Å². The Morgan fingerprint density at radius 1 is 1.12 bits per heavy atom. The minimum Gasteiger partial charge on any atom is -0.507 e. The van der Waals surface area contributed by atoms with Crippen molar-refractivity contribution in [3.63, 3.8) is 0 Å². The molecule has 1 unspecified atom stereocenters. The van der Waals surface area contributed by atoms with Gasteiger partial charge in [-0.1, -0.05) is 23.7 Å². The number of rotatable bonds is 7. The van der Waals surface area contributed by atoms with Crippen LogP contribution in [0.15, 0.2) is 48.0 Å². The molecule has 2 heterocycles. The van der Waals surface area contributed by atoms with Crippen LogP contribution in [0, 0.1) is 6.92 Å². The Kier molecular flexibility index (Phi) is 7.56. The Balaban J connectivity index is 1.74. The van der Waals surface area contributed by atoms with Gasteiger partial charge in [-0.2, -0.15) is 0 Å². The number of carbonyl (C=O) groups is 2. The predicted molar refractivity (Wildman–Crippen MR) is 130 cm³/mol.